The number of rotatable bonds is 4. The van der Waals surface area contributed by atoms with Crippen molar-refractivity contribution in [2.75, 3.05) is 5.32 Å². The average molecular weight is 373 g/mol. The van der Waals surface area contributed by atoms with Gasteiger partial charge in [0.05, 0.1) is 6.04 Å². The van der Waals surface area contributed by atoms with Gasteiger partial charge in [-0.2, -0.15) is 0 Å². The van der Waals surface area contributed by atoms with Crippen molar-refractivity contribution in [2.24, 2.45) is 0 Å². The van der Waals surface area contributed by atoms with Crippen LogP contribution in [-0.4, -0.2) is 15.0 Å². The number of nitrogens with one attached hydrogen (secondary N) is 2. The summed E-state index contributed by atoms with van der Waals surface area (Å²) in [6.07, 6.45) is 1.60. The van der Waals surface area contributed by atoms with E-state index in [-0.39, 0.29) is 17.4 Å². The molecule has 1 atom stereocenters. The Hall–Kier alpha value is -2.73. The first-order valence-electron chi connectivity index (χ1n) is 8.11. The Bertz CT molecular complexity index is 981. The molecule has 0 aliphatic heterocycles. The summed E-state index contributed by atoms with van der Waals surface area (Å²) in [6, 6.07) is 7.77. The second-order valence-electron chi connectivity index (χ2n) is 6.06. The van der Waals surface area contributed by atoms with Gasteiger partial charge in [0.25, 0.3) is 5.56 Å². The van der Waals surface area contributed by atoms with Gasteiger partial charge in [0.2, 0.25) is 0 Å². The molecule has 3 rings (SSSR count). The van der Waals surface area contributed by atoms with Gasteiger partial charge in [-0.1, -0.05) is 17.7 Å². The van der Waals surface area contributed by atoms with Crippen LogP contribution >= 0.6 is 11.6 Å². The van der Waals surface area contributed by atoms with Crippen molar-refractivity contribution in [3.05, 3.63) is 74.5 Å². The summed E-state index contributed by atoms with van der Waals surface area (Å²) in [5.74, 6) is 0.653. The molecule has 0 aliphatic carbocycles. The van der Waals surface area contributed by atoms with E-state index < -0.39 is 0 Å². The number of H-pyrrole nitrogens is 1. The Labute approximate surface area is 155 Å². The highest BCUT2D eigenvalue weighted by molar-refractivity contribution is 6.31. The van der Waals surface area contributed by atoms with Crippen LogP contribution in [0.25, 0.3) is 11.4 Å². The second kappa shape index (κ2) is 7.25. The van der Waals surface area contributed by atoms with E-state index in [1.54, 1.807) is 44.3 Å². The lowest BCUT2D eigenvalue weighted by Gasteiger charge is -2.17. The summed E-state index contributed by atoms with van der Waals surface area (Å²) < 4.78 is 14.0. The molecular weight excluding hydrogens is 355 g/mol. The molecule has 3 aromatic rings. The van der Waals surface area contributed by atoms with Crippen LogP contribution in [0.2, 0.25) is 5.02 Å². The highest BCUT2D eigenvalue weighted by Crippen LogP contribution is 2.28. The highest BCUT2D eigenvalue weighted by atomic mass is 35.5. The van der Waals surface area contributed by atoms with Crippen molar-refractivity contribution in [1.82, 2.24) is 15.0 Å². The monoisotopic (exact) mass is 372 g/mol. The number of hydrogen-bond acceptors (Lipinski definition) is 4. The van der Waals surface area contributed by atoms with Gasteiger partial charge >= 0.3 is 0 Å². The molecule has 2 heterocycles. The maximum atomic E-state index is 14.0. The zero-order valence-electron chi connectivity index (χ0n) is 14.6. The van der Waals surface area contributed by atoms with Gasteiger partial charge < -0.3 is 10.3 Å². The summed E-state index contributed by atoms with van der Waals surface area (Å²) in [5, 5.41) is 3.48. The second-order valence-corrected chi connectivity index (χ2v) is 6.47. The third-order valence-electron chi connectivity index (χ3n) is 4.23. The minimum Gasteiger partial charge on any atom is -0.363 e. The van der Waals surface area contributed by atoms with E-state index in [2.05, 4.69) is 20.3 Å². The predicted molar refractivity (Wildman–Crippen MR) is 101 cm³/mol. The van der Waals surface area contributed by atoms with E-state index >= 15 is 0 Å². The fourth-order valence-corrected chi connectivity index (χ4v) is 2.95. The van der Waals surface area contributed by atoms with E-state index in [0.29, 0.717) is 39.0 Å². The Morgan fingerprint density at radius 1 is 1.23 bits per heavy atom. The zero-order valence-corrected chi connectivity index (χ0v) is 15.4. The number of aryl methyl sites for hydroxylation is 1. The SMILES string of the molecule is Cc1nc(-c2ccc(NC(C)c3c(F)cccc3Cl)nc2)[nH]c(=O)c1C. The Balaban J connectivity index is 1.83. The molecular formula is C19H18ClFN4O. The van der Waals surface area contributed by atoms with Gasteiger partial charge in [0, 0.05) is 33.6 Å². The molecule has 1 unspecified atom stereocenters. The quantitative estimate of drug-likeness (QED) is 0.711. The number of hydrogen-bond donors (Lipinski definition) is 2. The van der Waals surface area contributed by atoms with Crippen molar-refractivity contribution in [3.63, 3.8) is 0 Å². The molecule has 0 fully saturated rings. The molecule has 1 aromatic carbocycles. The summed E-state index contributed by atoms with van der Waals surface area (Å²) >= 11 is 6.10. The van der Waals surface area contributed by atoms with Gasteiger partial charge in [-0.15, -0.1) is 0 Å². The number of aromatic amines is 1. The normalized spacial score (nSPS) is 12.0. The molecule has 2 aromatic heterocycles. The van der Waals surface area contributed by atoms with Gasteiger partial charge in [-0.05, 0) is 45.0 Å². The Morgan fingerprint density at radius 3 is 2.62 bits per heavy atom. The van der Waals surface area contributed by atoms with Crippen LogP contribution in [0.5, 0.6) is 0 Å². The fraction of sp³-hybridized carbons (Fsp3) is 0.211. The smallest absolute Gasteiger partial charge is 0.254 e. The van der Waals surface area contributed by atoms with E-state index in [0.717, 1.165) is 0 Å². The number of benzene rings is 1. The number of halogens is 2. The maximum Gasteiger partial charge on any atom is 0.254 e. The first-order chi connectivity index (χ1) is 12.4. The summed E-state index contributed by atoms with van der Waals surface area (Å²) in [4.78, 5) is 23.3. The first kappa shape index (κ1) is 18.1. The number of anilines is 1. The highest BCUT2D eigenvalue weighted by Gasteiger charge is 2.15. The minimum atomic E-state index is -0.369. The minimum absolute atomic E-state index is 0.169. The number of nitrogens with zero attached hydrogens (tertiary/aromatic N) is 2. The molecule has 0 amide bonds. The summed E-state index contributed by atoms with van der Waals surface area (Å²) in [7, 11) is 0. The van der Waals surface area contributed by atoms with Crippen molar-refractivity contribution in [1.29, 1.82) is 0 Å². The van der Waals surface area contributed by atoms with E-state index in [4.69, 9.17) is 11.6 Å². The van der Waals surface area contributed by atoms with E-state index in [1.165, 1.54) is 6.07 Å². The Morgan fingerprint density at radius 2 is 2.00 bits per heavy atom. The molecule has 0 bridgehead atoms. The zero-order chi connectivity index (χ0) is 18.8. The molecule has 0 radical (unpaired) electrons. The van der Waals surface area contributed by atoms with Gasteiger partial charge in [0.1, 0.15) is 17.5 Å². The lowest BCUT2D eigenvalue weighted by Crippen LogP contribution is -2.14. The van der Waals surface area contributed by atoms with Gasteiger partial charge in [0.15, 0.2) is 0 Å². The van der Waals surface area contributed by atoms with Crippen molar-refractivity contribution >= 4 is 17.4 Å². The molecule has 26 heavy (non-hydrogen) atoms. The largest absolute Gasteiger partial charge is 0.363 e. The lowest BCUT2D eigenvalue weighted by atomic mass is 10.1. The topological polar surface area (TPSA) is 70.7 Å². The molecule has 0 saturated heterocycles. The third-order valence-corrected chi connectivity index (χ3v) is 4.56. The van der Waals surface area contributed by atoms with Crippen LogP contribution in [0.1, 0.15) is 29.8 Å². The van der Waals surface area contributed by atoms with Crippen LogP contribution < -0.4 is 10.9 Å². The molecule has 0 aliphatic rings. The standard InChI is InChI=1S/C19H18ClFN4O/c1-10-11(2)24-18(25-19(10)26)13-7-8-16(22-9-13)23-12(3)17-14(20)5-4-6-15(17)21/h4-9,12H,1-3H3,(H,22,23)(H,24,25,26). The fourth-order valence-electron chi connectivity index (χ4n) is 2.62. The first-order valence-corrected chi connectivity index (χ1v) is 8.49. The van der Waals surface area contributed by atoms with Gasteiger partial charge in [-0.25, -0.2) is 14.4 Å². The summed E-state index contributed by atoms with van der Waals surface area (Å²) in [6.45, 7) is 5.32. The van der Waals surface area contributed by atoms with Crippen LogP contribution in [0.15, 0.2) is 41.3 Å². The predicted octanol–water partition coefficient (Wildman–Crippen LogP) is 4.41. The third kappa shape index (κ3) is 3.60. The van der Waals surface area contributed by atoms with Gasteiger partial charge in [-0.3, -0.25) is 4.79 Å². The molecule has 2 N–H and O–H groups in total. The number of pyridine rings is 1. The van der Waals surface area contributed by atoms with Crippen molar-refractivity contribution in [3.8, 4) is 11.4 Å². The van der Waals surface area contributed by atoms with Crippen molar-refractivity contribution < 1.29 is 4.39 Å². The lowest BCUT2D eigenvalue weighted by molar-refractivity contribution is 0.600. The maximum absolute atomic E-state index is 14.0. The van der Waals surface area contributed by atoms with Crippen molar-refractivity contribution in [2.45, 2.75) is 26.8 Å². The summed E-state index contributed by atoms with van der Waals surface area (Å²) in [5.41, 5.74) is 2.18. The van der Waals surface area contributed by atoms with Crippen LogP contribution in [-0.2, 0) is 0 Å². The molecule has 0 saturated carbocycles. The van der Waals surface area contributed by atoms with Crippen LogP contribution in [0.3, 0.4) is 0 Å². The molecule has 134 valence electrons. The van der Waals surface area contributed by atoms with E-state index in [9.17, 15) is 9.18 Å². The average Bonchev–Trinajstić information content (AvgIpc) is 2.59. The van der Waals surface area contributed by atoms with Crippen LogP contribution in [0.4, 0.5) is 10.2 Å². The number of aromatic nitrogens is 3. The Kier molecular flexibility index (Phi) is 5.04. The molecule has 5 nitrogen and oxygen atoms in total. The van der Waals surface area contributed by atoms with E-state index in [1.807, 2.05) is 6.92 Å². The molecule has 0 spiro atoms. The van der Waals surface area contributed by atoms with Crippen LogP contribution in [0, 0.1) is 19.7 Å². The molecule has 7 heteroatoms.